The van der Waals surface area contributed by atoms with Crippen molar-refractivity contribution in [2.75, 3.05) is 12.3 Å². The molecular weight excluding hydrogens is 264 g/mol. The molecule has 2 N–H and O–H groups in total. The van der Waals surface area contributed by atoms with Crippen LogP contribution in [0, 0.1) is 0 Å². The molecule has 1 saturated heterocycles. The first kappa shape index (κ1) is 14.0. The van der Waals surface area contributed by atoms with Crippen molar-refractivity contribution in [2.24, 2.45) is 0 Å². The second kappa shape index (κ2) is 6.22. The van der Waals surface area contributed by atoms with E-state index >= 15 is 0 Å². The van der Waals surface area contributed by atoms with Crippen LogP contribution in [-0.4, -0.2) is 31.0 Å². The molecule has 3 rings (SSSR count). The maximum absolute atomic E-state index is 5.74. The lowest BCUT2D eigenvalue weighted by Gasteiger charge is -2.35. The number of hydrogen-bond donors (Lipinski definition) is 1. The van der Waals surface area contributed by atoms with Crippen molar-refractivity contribution in [3.05, 3.63) is 36.2 Å². The Morgan fingerprint density at radius 3 is 3.00 bits per heavy atom. The van der Waals surface area contributed by atoms with Crippen molar-refractivity contribution in [3.8, 4) is 0 Å². The van der Waals surface area contributed by atoms with E-state index in [0.29, 0.717) is 12.0 Å². The Bertz CT molecular complexity index is 593. The molecule has 21 heavy (non-hydrogen) atoms. The molecule has 0 radical (unpaired) electrons. The van der Waals surface area contributed by atoms with Crippen molar-refractivity contribution in [1.29, 1.82) is 0 Å². The fourth-order valence-electron chi connectivity index (χ4n) is 3.05. The number of hydrogen-bond acceptors (Lipinski definition) is 5. The zero-order valence-electron chi connectivity index (χ0n) is 12.4. The van der Waals surface area contributed by atoms with Gasteiger partial charge in [-0.1, -0.05) is 6.42 Å². The maximum Gasteiger partial charge on any atom is 0.220 e. The Labute approximate surface area is 125 Å². The molecule has 1 fully saturated rings. The highest BCUT2D eigenvalue weighted by molar-refractivity contribution is 5.20. The lowest BCUT2D eigenvalue weighted by atomic mass is 9.99. The molecule has 2 aromatic heterocycles. The molecule has 0 aromatic carbocycles. The van der Waals surface area contributed by atoms with Gasteiger partial charge in [-0.15, -0.1) is 0 Å². The molecule has 2 aromatic rings. The number of nitrogens with zero attached hydrogens (tertiary/aromatic N) is 5. The van der Waals surface area contributed by atoms with E-state index in [-0.39, 0.29) is 0 Å². The van der Waals surface area contributed by atoms with Gasteiger partial charge in [-0.25, -0.2) is 15.0 Å². The van der Waals surface area contributed by atoms with Gasteiger partial charge in [0.15, 0.2) is 0 Å². The molecule has 6 heteroatoms. The van der Waals surface area contributed by atoms with E-state index in [4.69, 9.17) is 5.73 Å². The smallest absolute Gasteiger partial charge is 0.220 e. The standard InChI is InChI=1S/C15H22N6/c1-2-20-10-8-17-14(20)11-21-9-4-3-5-13(21)12-6-7-18-15(16)19-12/h6-8,10,13H,2-5,9,11H2,1H3,(H2,16,18,19)/t13-/m0/s1. The van der Waals surface area contributed by atoms with Crippen LogP contribution in [0.5, 0.6) is 0 Å². The minimum Gasteiger partial charge on any atom is -0.368 e. The van der Waals surface area contributed by atoms with Crippen LogP contribution in [0.25, 0.3) is 0 Å². The summed E-state index contributed by atoms with van der Waals surface area (Å²) in [4.78, 5) is 15.4. The number of nitrogens with two attached hydrogens (primary N) is 1. The second-order valence-electron chi connectivity index (χ2n) is 5.45. The van der Waals surface area contributed by atoms with Gasteiger partial charge in [0.25, 0.3) is 0 Å². The maximum atomic E-state index is 5.74. The Morgan fingerprint density at radius 1 is 1.29 bits per heavy atom. The van der Waals surface area contributed by atoms with Gasteiger partial charge in [0, 0.05) is 25.1 Å². The van der Waals surface area contributed by atoms with Crippen molar-refractivity contribution in [2.45, 2.75) is 45.3 Å². The van der Waals surface area contributed by atoms with Crippen LogP contribution < -0.4 is 5.73 Å². The van der Waals surface area contributed by atoms with Gasteiger partial charge in [-0.05, 0) is 32.4 Å². The number of rotatable bonds is 4. The minimum atomic E-state index is 0.311. The van der Waals surface area contributed by atoms with Crippen LogP contribution in [0.2, 0.25) is 0 Å². The summed E-state index contributed by atoms with van der Waals surface area (Å²) in [5.74, 6) is 1.47. The van der Waals surface area contributed by atoms with Gasteiger partial charge in [-0.3, -0.25) is 4.90 Å². The van der Waals surface area contributed by atoms with Crippen molar-refractivity contribution < 1.29 is 0 Å². The summed E-state index contributed by atoms with van der Waals surface area (Å²) in [6.07, 6.45) is 9.23. The van der Waals surface area contributed by atoms with E-state index in [1.807, 2.05) is 18.5 Å². The van der Waals surface area contributed by atoms with Gasteiger partial charge in [0.2, 0.25) is 5.95 Å². The molecule has 0 bridgehead atoms. The number of likely N-dealkylation sites (tertiary alicyclic amines) is 1. The Kier molecular flexibility index (Phi) is 4.15. The first-order valence-electron chi connectivity index (χ1n) is 7.60. The van der Waals surface area contributed by atoms with E-state index < -0.39 is 0 Å². The number of nitrogen functional groups attached to an aromatic ring is 1. The minimum absolute atomic E-state index is 0.311. The van der Waals surface area contributed by atoms with E-state index in [0.717, 1.165) is 37.6 Å². The van der Waals surface area contributed by atoms with Crippen LogP contribution in [0.4, 0.5) is 5.95 Å². The lowest BCUT2D eigenvalue weighted by Crippen LogP contribution is -2.34. The van der Waals surface area contributed by atoms with E-state index in [1.54, 1.807) is 6.20 Å². The van der Waals surface area contributed by atoms with Crippen molar-refractivity contribution in [3.63, 3.8) is 0 Å². The Hall–Kier alpha value is -1.95. The Morgan fingerprint density at radius 2 is 2.19 bits per heavy atom. The summed E-state index contributed by atoms with van der Waals surface area (Å²) in [5, 5.41) is 0. The molecule has 0 aliphatic carbocycles. The predicted molar refractivity (Wildman–Crippen MR) is 81.3 cm³/mol. The topological polar surface area (TPSA) is 72.9 Å². The number of imidazole rings is 1. The van der Waals surface area contributed by atoms with Crippen LogP contribution in [0.3, 0.4) is 0 Å². The number of aromatic nitrogens is 4. The summed E-state index contributed by atoms with van der Waals surface area (Å²) >= 11 is 0. The second-order valence-corrected chi connectivity index (χ2v) is 5.45. The molecule has 1 aliphatic heterocycles. The van der Waals surface area contributed by atoms with Crippen LogP contribution >= 0.6 is 0 Å². The summed E-state index contributed by atoms with van der Waals surface area (Å²) in [7, 11) is 0. The number of piperidine rings is 1. The molecule has 0 amide bonds. The summed E-state index contributed by atoms with van der Waals surface area (Å²) < 4.78 is 2.19. The molecule has 0 saturated carbocycles. The van der Waals surface area contributed by atoms with Gasteiger partial charge >= 0.3 is 0 Å². The number of anilines is 1. The van der Waals surface area contributed by atoms with E-state index in [1.165, 1.54) is 12.8 Å². The largest absolute Gasteiger partial charge is 0.368 e. The highest BCUT2D eigenvalue weighted by Crippen LogP contribution is 2.30. The molecule has 1 aliphatic rings. The van der Waals surface area contributed by atoms with Gasteiger partial charge in [-0.2, -0.15) is 0 Å². The summed E-state index contributed by atoms with van der Waals surface area (Å²) in [6, 6.07) is 2.29. The van der Waals surface area contributed by atoms with Crippen molar-refractivity contribution in [1.82, 2.24) is 24.4 Å². The van der Waals surface area contributed by atoms with Gasteiger partial charge in [0.1, 0.15) is 5.82 Å². The van der Waals surface area contributed by atoms with Crippen LogP contribution in [-0.2, 0) is 13.1 Å². The summed E-state index contributed by atoms with van der Waals surface area (Å²) in [5.41, 5.74) is 6.76. The fraction of sp³-hybridized carbons (Fsp3) is 0.533. The third-order valence-corrected chi connectivity index (χ3v) is 4.14. The van der Waals surface area contributed by atoms with Crippen LogP contribution in [0.15, 0.2) is 24.7 Å². The monoisotopic (exact) mass is 286 g/mol. The zero-order valence-corrected chi connectivity index (χ0v) is 12.4. The van der Waals surface area contributed by atoms with Crippen molar-refractivity contribution >= 4 is 5.95 Å². The first-order chi connectivity index (χ1) is 10.3. The normalized spacial score (nSPS) is 19.8. The zero-order chi connectivity index (χ0) is 14.7. The molecule has 1 atom stereocenters. The van der Waals surface area contributed by atoms with Gasteiger partial charge < -0.3 is 10.3 Å². The quantitative estimate of drug-likeness (QED) is 0.930. The molecule has 3 heterocycles. The molecule has 112 valence electrons. The third kappa shape index (κ3) is 3.05. The molecular formula is C15H22N6. The summed E-state index contributed by atoms with van der Waals surface area (Å²) in [6.45, 7) is 5.03. The molecule has 6 nitrogen and oxygen atoms in total. The number of aryl methyl sites for hydroxylation is 1. The molecule has 0 spiro atoms. The van der Waals surface area contributed by atoms with E-state index in [9.17, 15) is 0 Å². The average Bonchev–Trinajstić information content (AvgIpc) is 2.95. The Balaban J connectivity index is 1.81. The van der Waals surface area contributed by atoms with E-state index in [2.05, 4.69) is 31.3 Å². The average molecular weight is 286 g/mol. The fourth-order valence-corrected chi connectivity index (χ4v) is 3.05. The highest BCUT2D eigenvalue weighted by atomic mass is 15.2. The van der Waals surface area contributed by atoms with Gasteiger partial charge in [0.05, 0.1) is 18.3 Å². The van der Waals surface area contributed by atoms with Crippen LogP contribution in [0.1, 0.15) is 43.7 Å². The third-order valence-electron chi connectivity index (χ3n) is 4.14. The first-order valence-corrected chi connectivity index (χ1v) is 7.60. The molecule has 0 unspecified atom stereocenters. The lowest BCUT2D eigenvalue weighted by molar-refractivity contribution is 0.132. The highest BCUT2D eigenvalue weighted by Gasteiger charge is 2.26. The SMILES string of the molecule is CCn1ccnc1CN1CCCC[C@H]1c1ccnc(N)n1. The predicted octanol–water partition coefficient (Wildman–Crippen LogP) is 2.00.